The Labute approximate surface area is 121 Å². The van der Waals surface area contributed by atoms with E-state index in [9.17, 15) is 14.0 Å². The van der Waals surface area contributed by atoms with Crippen LogP contribution in [0.25, 0.3) is 0 Å². The molecule has 21 heavy (non-hydrogen) atoms. The number of anilines is 1. The second-order valence-corrected chi connectivity index (χ2v) is 4.98. The number of hydrogen-bond donors (Lipinski definition) is 2. The zero-order valence-electron chi connectivity index (χ0n) is 11.8. The molecule has 1 heterocycles. The number of aromatic amines is 1. The lowest BCUT2D eigenvalue weighted by atomic mass is 10.0. The van der Waals surface area contributed by atoms with E-state index in [1.54, 1.807) is 32.0 Å². The van der Waals surface area contributed by atoms with Crippen LogP contribution in [0.3, 0.4) is 0 Å². The van der Waals surface area contributed by atoms with Crippen LogP contribution in [-0.2, 0) is 11.2 Å². The summed E-state index contributed by atoms with van der Waals surface area (Å²) in [4.78, 5) is 29.5. The molecular formula is C15H16FN3O2. The molecule has 0 saturated heterocycles. The Morgan fingerprint density at radius 2 is 2.19 bits per heavy atom. The monoisotopic (exact) mass is 289 g/mol. The maximum Gasteiger partial charge on any atom is 0.347 e. The molecule has 1 amide bonds. The SMILES string of the molecule is Cc1cc(NC(=O)[C@@H](C)Cc2cccc(F)c2)nc(=O)[nH]1. The van der Waals surface area contributed by atoms with Gasteiger partial charge >= 0.3 is 5.69 Å². The fourth-order valence-electron chi connectivity index (χ4n) is 2.00. The summed E-state index contributed by atoms with van der Waals surface area (Å²) in [7, 11) is 0. The first-order chi connectivity index (χ1) is 9.94. The number of aryl methyl sites for hydroxylation is 1. The Hall–Kier alpha value is -2.50. The molecule has 1 atom stereocenters. The molecule has 0 aliphatic heterocycles. The topological polar surface area (TPSA) is 74.8 Å². The lowest BCUT2D eigenvalue weighted by molar-refractivity contribution is -0.119. The van der Waals surface area contributed by atoms with Gasteiger partial charge in [0.05, 0.1) is 0 Å². The van der Waals surface area contributed by atoms with Crippen molar-refractivity contribution in [3.05, 3.63) is 57.9 Å². The highest BCUT2D eigenvalue weighted by Crippen LogP contribution is 2.12. The Balaban J connectivity index is 2.04. The first-order valence-corrected chi connectivity index (χ1v) is 6.57. The number of nitrogens with one attached hydrogen (secondary N) is 2. The zero-order valence-corrected chi connectivity index (χ0v) is 11.8. The van der Waals surface area contributed by atoms with Gasteiger partial charge in [0, 0.05) is 17.7 Å². The van der Waals surface area contributed by atoms with Crippen LogP contribution in [0.1, 0.15) is 18.2 Å². The molecule has 2 aromatic rings. The van der Waals surface area contributed by atoms with Crippen molar-refractivity contribution >= 4 is 11.7 Å². The molecule has 0 saturated carbocycles. The van der Waals surface area contributed by atoms with E-state index >= 15 is 0 Å². The minimum absolute atomic E-state index is 0.215. The summed E-state index contributed by atoms with van der Waals surface area (Å²) in [5.74, 6) is -0.746. The van der Waals surface area contributed by atoms with Crippen LogP contribution in [-0.4, -0.2) is 15.9 Å². The van der Waals surface area contributed by atoms with Gasteiger partial charge in [0.25, 0.3) is 0 Å². The first-order valence-electron chi connectivity index (χ1n) is 6.57. The van der Waals surface area contributed by atoms with Gasteiger partial charge in [0.1, 0.15) is 11.6 Å². The lowest BCUT2D eigenvalue weighted by Gasteiger charge is -2.12. The molecule has 1 aromatic heterocycles. The fraction of sp³-hybridized carbons (Fsp3) is 0.267. The average Bonchev–Trinajstić information content (AvgIpc) is 2.37. The van der Waals surface area contributed by atoms with E-state index in [-0.39, 0.29) is 23.5 Å². The van der Waals surface area contributed by atoms with Crippen LogP contribution in [0.2, 0.25) is 0 Å². The molecule has 0 bridgehead atoms. The molecule has 5 nitrogen and oxygen atoms in total. The number of carbonyl (C=O) groups is 1. The molecule has 0 unspecified atom stereocenters. The van der Waals surface area contributed by atoms with Gasteiger partial charge in [-0.2, -0.15) is 4.98 Å². The summed E-state index contributed by atoms with van der Waals surface area (Å²) in [6.07, 6.45) is 0.408. The number of benzene rings is 1. The van der Waals surface area contributed by atoms with Crippen molar-refractivity contribution in [1.82, 2.24) is 9.97 Å². The number of aromatic nitrogens is 2. The van der Waals surface area contributed by atoms with E-state index in [2.05, 4.69) is 15.3 Å². The Morgan fingerprint density at radius 1 is 1.43 bits per heavy atom. The fourth-order valence-corrected chi connectivity index (χ4v) is 2.00. The lowest BCUT2D eigenvalue weighted by Crippen LogP contribution is -2.24. The normalized spacial score (nSPS) is 12.0. The van der Waals surface area contributed by atoms with Crippen LogP contribution in [0.5, 0.6) is 0 Å². The van der Waals surface area contributed by atoms with Crippen molar-refractivity contribution in [3.63, 3.8) is 0 Å². The summed E-state index contributed by atoms with van der Waals surface area (Å²) in [5, 5.41) is 2.59. The molecule has 1 aromatic carbocycles. The Morgan fingerprint density at radius 3 is 2.86 bits per heavy atom. The van der Waals surface area contributed by atoms with Crippen LogP contribution in [0.15, 0.2) is 35.1 Å². The largest absolute Gasteiger partial charge is 0.347 e. The van der Waals surface area contributed by atoms with Gasteiger partial charge in [-0.1, -0.05) is 19.1 Å². The third kappa shape index (κ3) is 4.24. The van der Waals surface area contributed by atoms with Crippen LogP contribution >= 0.6 is 0 Å². The highest BCUT2D eigenvalue weighted by atomic mass is 19.1. The van der Waals surface area contributed by atoms with E-state index < -0.39 is 5.69 Å². The molecule has 110 valence electrons. The molecule has 2 N–H and O–H groups in total. The van der Waals surface area contributed by atoms with Crippen LogP contribution in [0.4, 0.5) is 10.2 Å². The van der Waals surface area contributed by atoms with E-state index in [1.807, 2.05) is 0 Å². The first kappa shape index (κ1) is 14.9. The molecule has 0 fully saturated rings. The van der Waals surface area contributed by atoms with Crippen molar-refractivity contribution in [1.29, 1.82) is 0 Å². The van der Waals surface area contributed by atoms with E-state index in [1.165, 1.54) is 12.1 Å². The summed E-state index contributed by atoms with van der Waals surface area (Å²) >= 11 is 0. The number of halogens is 1. The predicted molar refractivity (Wildman–Crippen MR) is 77.5 cm³/mol. The smallest absolute Gasteiger partial charge is 0.310 e. The minimum Gasteiger partial charge on any atom is -0.310 e. The summed E-state index contributed by atoms with van der Waals surface area (Å²) in [6.45, 7) is 3.44. The minimum atomic E-state index is -0.511. The molecule has 0 aliphatic carbocycles. The van der Waals surface area contributed by atoms with Crippen molar-refractivity contribution in [3.8, 4) is 0 Å². The summed E-state index contributed by atoms with van der Waals surface area (Å²) in [5.41, 5.74) is 0.846. The van der Waals surface area contributed by atoms with Crippen molar-refractivity contribution in [2.24, 2.45) is 5.92 Å². The summed E-state index contributed by atoms with van der Waals surface area (Å²) in [6, 6.07) is 7.71. The quantitative estimate of drug-likeness (QED) is 0.904. The number of carbonyl (C=O) groups excluding carboxylic acids is 1. The average molecular weight is 289 g/mol. The van der Waals surface area contributed by atoms with Gasteiger partial charge in [0.2, 0.25) is 5.91 Å². The van der Waals surface area contributed by atoms with Crippen molar-refractivity contribution < 1.29 is 9.18 Å². The number of hydrogen-bond acceptors (Lipinski definition) is 3. The third-order valence-corrected chi connectivity index (χ3v) is 3.01. The second-order valence-electron chi connectivity index (χ2n) is 4.98. The highest BCUT2D eigenvalue weighted by molar-refractivity contribution is 5.91. The standard InChI is InChI=1S/C15H16FN3O2/c1-9(6-11-4-3-5-12(16)8-11)14(20)18-13-7-10(2)17-15(21)19-13/h3-5,7-9H,6H2,1-2H3,(H2,17,18,19,20,21)/t9-/m0/s1. The van der Waals surface area contributed by atoms with Gasteiger partial charge in [0.15, 0.2) is 0 Å². The van der Waals surface area contributed by atoms with Gasteiger partial charge in [-0.25, -0.2) is 9.18 Å². The maximum atomic E-state index is 13.1. The van der Waals surface area contributed by atoms with Gasteiger partial charge in [-0.3, -0.25) is 4.79 Å². The molecular weight excluding hydrogens is 273 g/mol. The van der Waals surface area contributed by atoms with E-state index in [0.29, 0.717) is 12.1 Å². The Kier molecular flexibility index (Phi) is 4.47. The molecule has 2 rings (SSSR count). The number of amides is 1. The molecule has 0 aliphatic rings. The number of H-pyrrole nitrogens is 1. The van der Waals surface area contributed by atoms with Crippen LogP contribution < -0.4 is 11.0 Å². The molecule has 0 radical (unpaired) electrons. The Bertz CT molecular complexity index is 712. The van der Waals surface area contributed by atoms with Crippen molar-refractivity contribution in [2.45, 2.75) is 20.3 Å². The highest BCUT2D eigenvalue weighted by Gasteiger charge is 2.15. The van der Waals surface area contributed by atoms with Crippen LogP contribution in [0, 0.1) is 18.7 Å². The molecule has 0 spiro atoms. The second kappa shape index (κ2) is 6.30. The zero-order chi connectivity index (χ0) is 15.4. The van der Waals surface area contributed by atoms with Gasteiger partial charge < -0.3 is 10.3 Å². The third-order valence-electron chi connectivity index (χ3n) is 3.01. The predicted octanol–water partition coefficient (Wildman–Crippen LogP) is 2.03. The van der Waals surface area contributed by atoms with Crippen molar-refractivity contribution in [2.75, 3.05) is 5.32 Å². The molecule has 6 heteroatoms. The summed E-state index contributed by atoms with van der Waals surface area (Å²) < 4.78 is 13.1. The van der Waals surface area contributed by atoms with E-state index in [0.717, 1.165) is 5.56 Å². The van der Waals surface area contributed by atoms with Gasteiger partial charge in [-0.15, -0.1) is 0 Å². The number of rotatable bonds is 4. The van der Waals surface area contributed by atoms with Gasteiger partial charge in [-0.05, 0) is 31.0 Å². The maximum absolute atomic E-state index is 13.1. The number of nitrogens with zero attached hydrogens (tertiary/aromatic N) is 1. The van der Waals surface area contributed by atoms with E-state index in [4.69, 9.17) is 0 Å².